The lowest BCUT2D eigenvalue weighted by Gasteiger charge is -2.14. The Morgan fingerprint density at radius 1 is 0.224 bits per heavy atom. The molecule has 0 N–H and O–H groups in total. The number of nitrogens with zero attached hydrogens (tertiary/aromatic N) is 8. The third kappa shape index (κ3) is 11.7. The summed E-state index contributed by atoms with van der Waals surface area (Å²) in [6, 6.07) is 158. The molecule has 8 nitrogen and oxygen atoms in total. The van der Waals surface area contributed by atoms with Crippen molar-refractivity contribution in [3.8, 4) is 95.8 Å². The number of hydrogen-bond donors (Lipinski definition) is 0. The summed E-state index contributed by atoms with van der Waals surface area (Å²) in [6.45, 7) is 9.93. The molecule has 0 radical (unpaired) electrons. The van der Waals surface area contributed by atoms with Crippen LogP contribution in [0.1, 0.15) is 44.5 Å². The number of rotatable bonds is 8. The van der Waals surface area contributed by atoms with E-state index in [2.05, 4.69) is 452 Å². The molecule has 134 heavy (non-hydrogen) atoms. The lowest BCUT2D eigenvalue weighted by molar-refractivity contribution is 1.11. The van der Waals surface area contributed by atoms with E-state index in [4.69, 9.17) is 6.57 Å². The fourth-order valence-electron chi connectivity index (χ4n) is 22.8. The van der Waals surface area contributed by atoms with Crippen LogP contribution in [-0.2, 0) is 19.3 Å². The zero-order chi connectivity index (χ0) is 88.5. The van der Waals surface area contributed by atoms with Gasteiger partial charge in [0.2, 0.25) is 0 Å². The van der Waals surface area contributed by atoms with Gasteiger partial charge in [-0.2, -0.15) is 5.26 Å². The van der Waals surface area contributed by atoms with Crippen molar-refractivity contribution >= 4 is 137 Å². The summed E-state index contributed by atoms with van der Waals surface area (Å²) in [6.07, 6.45) is 2.75. The highest BCUT2D eigenvalue weighted by Crippen LogP contribution is 2.50. The van der Waals surface area contributed by atoms with Crippen molar-refractivity contribution in [2.75, 3.05) is 0 Å². The first kappa shape index (κ1) is 76.2. The predicted octanol–water partition coefficient (Wildman–Crippen LogP) is 32.4. The first-order chi connectivity index (χ1) is 66.3. The van der Waals surface area contributed by atoms with Crippen LogP contribution in [0.4, 0.5) is 5.69 Å². The van der Waals surface area contributed by atoms with E-state index in [1.807, 2.05) is 24.3 Å². The summed E-state index contributed by atoms with van der Waals surface area (Å²) in [5.74, 6) is 0. The minimum atomic E-state index is 0.653. The Hall–Kier alpha value is -17.8. The molecule has 0 unspecified atom stereocenters. The van der Waals surface area contributed by atoms with Crippen molar-refractivity contribution in [1.82, 2.24) is 27.4 Å². The second-order valence-corrected chi connectivity index (χ2v) is 36.0. The molecule has 0 aliphatic heterocycles. The summed E-state index contributed by atoms with van der Waals surface area (Å²) in [5, 5.41) is 24.7. The Morgan fingerprint density at radius 2 is 0.537 bits per heavy atom. The molecule has 624 valence electrons. The fraction of sp³-hybridized carbons (Fsp3) is 0.0317. The maximum Gasteiger partial charge on any atom is 0.189 e. The maximum absolute atomic E-state index is 9.87. The zero-order valence-electron chi connectivity index (χ0n) is 73.2. The van der Waals surface area contributed by atoms with Crippen molar-refractivity contribution in [2.24, 2.45) is 0 Å². The van der Waals surface area contributed by atoms with Gasteiger partial charge in [-0.25, -0.2) is 4.85 Å². The van der Waals surface area contributed by atoms with Gasteiger partial charge in [0.1, 0.15) is 0 Å². The lowest BCUT2D eigenvalue weighted by atomic mass is 10.0. The van der Waals surface area contributed by atoms with Gasteiger partial charge in [0.15, 0.2) is 5.69 Å². The van der Waals surface area contributed by atoms with E-state index in [0.717, 1.165) is 63.5 Å². The molecule has 0 bridgehead atoms. The first-order valence-electron chi connectivity index (χ1n) is 46.1. The Bertz CT molecular complexity index is 9540. The van der Waals surface area contributed by atoms with Crippen molar-refractivity contribution < 1.29 is 0 Å². The average Bonchev–Trinajstić information content (AvgIpc) is 1.56. The molecule has 8 heteroatoms. The Morgan fingerprint density at radius 3 is 1.00 bits per heavy atom. The third-order valence-corrected chi connectivity index (χ3v) is 28.8. The number of hydrogen-bond acceptors (Lipinski definition) is 1. The van der Waals surface area contributed by atoms with E-state index >= 15 is 0 Å². The molecule has 0 spiro atoms. The summed E-state index contributed by atoms with van der Waals surface area (Å²) in [5.41, 5.74) is 44.8. The summed E-state index contributed by atoms with van der Waals surface area (Å²) >= 11 is 0. The molecule has 0 atom stereocenters. The molecule has 3 aliphatic rings. The van der Waals surface area contributed by atoms with Crippen molar-refractivity contribution in [3.63, 3.8) is 0 Å². The maximum atomic E-state index is 9.87. The molecule has 0 fully saturated rings. The van der Waals surface area contributed by atoms with Crippen LogP contribution in [-0.4, -0.2) is 27.4 Å². The molecule has 0 amide bonds. The molecule has 0 saturated heterocycles. The van der Waals surface area contributed by atoms with Crippen molar-refractivity contribution in [2.45, 2.75) is 26.2 Å². The van der Waals surface area contributed by atoms with Crippen LogP contribution >= 0.6 is 0 Å². The van der Waals surface area contributed by atoms with Crippen LogP contribution in [0, 0.1) is 24.8 Å². The van der Waals surface area contributed by atoms with E-state index in [0.29, 0.717) is 11.3 Å². The Balaban J connectivity index is 0.000000103. The third-order valence-electron chi connectivity index (χ3n) is 28.8. The monoisotopic (exact) mass is 1700 g/mol. The molecule has 6 heterocycles. The minimum Gasteiger partial charge on any atom is -0.310 e. The molecule has 20 aromatic carbocycles. The Kier molecular flexibility index (Phi) is 17.2. The van der Waals surface area contributed by atoms with Crippen LogP contribution in [0.5, 0.6) is 0 Å². The predicted molar refractivity (Wildman–Crippen MR) is 557 cm³/mol. The smallest absolute Gasteiger partial charge is 0.189 e. The highest BCUT2D eigenvalue weighted by Gasteiger charge is 2.30. The van der Waals surface area contributed by atoms with Crippen LogP contribution in [0.25, 0.3) is 225 Å². The van der Waals surface area contributed by atoms with Gasteiger partial charge in [-0.3, -0.25) is 0 Å². The Labute approximate surface area is 772 Å². The van der Waals surface area contributed by atoms with Crippen molar-refractivity contribution in [3.05, 3.63) is 487 Å². The molecule has 6 aromatic heterocycles. The fourth-order valence-corrected chi connectivity index (χ4v) is 22.8. The molecule has 29 rings (SSSR count). The first-order valence-corrected chi connectivity index (χ1v) is 46.1. The SMILES string of the molecule is Cc1ccc2c3ccc(-c4ccc5c(c4)c4ccccc4n5-c4ccccc4)cc3n(-c3cccc4c3Cc3ccccc3-4)c2c1.N#Cc1ccc2c3cc(-c4ccc5c(c4)c4ccccc4n5-c4ccccc4)ccc3n(-c3cccc4c3Cc3ccccc3-4)c2c1.[C-]#[N+]c1ccc2c3ccc(-n4c5ccccc5c5ccccc54)cc3n(-c3cccc4c3Cc3ccccc3-4)c2c1. The summed E-state index contributed by atoms with van der Waals surface area (Å²) in [7, 11) is 0. The van der Waals surface area contributed by atoms with Crippen LogP contribution in [0.15, 0.2) is 431 Å². The highest BCUT2D eigenvalue weighted by molar-refractivity contribution is 6.17. The van der Waals surface area contributed by atoms with Gasteiger partial charge in [-0.1, -0.05) is 285 Å². The van der Waals surface area contributed by atoms with E-state index in [-0.39, 0.29) is 0 Å². The largest absolute Gasteiger partial charge is 0.310 e. The van der Waals surface area contributed by atoms with Gasteiger partial charge < -0.3 is 27.4 Å². The van der Waals surface area contributed by atoms with Crippen LogP contribution < -0.4 is 0 Å². The summed E-state index contributed by atoms with van der Waals surface area (Å²) < 4.78 is 14.4. The highest BCUT2D eigenvalue weighted by atomic mass is 15.0. The minimum absolute atomic E-state index is 0.653. The van der Waals surface area contributed by atoms with Gasteiger partial charge in [0.05, 0.1) is 96.0 Å². The summed E-state index contributed by atoms with van der Waals surface area (Å²) in [4.78, 5) is 3.79. The number of para-hydroxylation sites is 6. The number of benzene rings is 20. The van der Waals surface area contributed by atoms with E-state index < -0.39 is 0 Å². The standard InChI is InChI=1S/C44H27N3.C44H30N2.C38H23N3/c45-27-28-17-20-36-39-25-30(29-18-21-42-38(24-29)35-13-6-7-15-40(35)46(42)32-10-2-1-3-11-32)19-22-43(39)47(44(36)23-28)41-16-8-14-34-33-12-5-4-9-31(33)26-37(34)41;1-28-18-21-36-37-22-19-30(29-20-23-42-39(25-29)35-14-7-8-16-40(35)45(42)32-11-3-2-4-12-32)27-44(37)46(43(36)24-28)41-17-9-15-34-33-13-6-5-10-31(33)26-38(34)41;1-39-25-17-19-31-32-20-18-26(40-34-14-6-4-11-29(34)30-12-5-7-15-35(30)40)23-38(32)41(37(31)22-25)36-16-8-13-28-27-10-3-2-9-24(27)21-33(28)36/h1-25H,26H2;2-25,27H,26H2,1H3;2-20,22-23H,21H2. The quantitative estimate of drug-likeness (QED) is 0.140. The van der Waals surface area contributed by atoms with Gasteiger partial charge >= 0.3 is 0 Å². The number of aryl methyl sites for hydroxylation is 1. The van der Waals surface area contributed by atoms with Gasteiger partial charge in [-0.05, 0) is 247 Å². The zero-order valence-corrected chi connectivity index (χ0v) is 73.2. The van der Waals surface area contributed by atoms with Gasteiger partial charge in [-0.15, -0.1) is 0 Å². The van der Waals surface area contributed by atoms with Gasteiger partial charge in [0, 0.05) is 106 Å². The number of nitriles is 1. The van der Waals surface area contributed by atoms with Crippen LogP contribution in [0.2, 0.25) is 0 Å². The topological polar surface area (TPSA) is 57.7 Å². The second kappa shape index (κ2) is 30.1. The van der Waals surface area contributed by atoms with Crippen molar-refractivity contribution in [1.29, 1.82) is 5.26 Å². The van der Waals surface area contributed by atoms with Gasteiger partial charge in [0.25, 0.3) is 0 Å². The molecule has 0 saturated carbocycles. The van der Waals surface area contributed by atoms with E-state index in [1.165, 1.54) is 215 Å². The second-order valence-electron chi connectivity index (χ2n) is 36.0. The molecular formula is C126H80N8. The van der Waals surface area contributed by atoms with E-state index in [1.54, 1.807) is 0 Å². The lowest BCUT2D eigenvalue weighted by Crippen LogP contribution is -2.00. The number of fused-ring (bicyclic) bond motifs is 27. The normalized spacial score (nSPS) is 12.3. The van der Waals surface area contributed by atoms with Crippen LogP contribution in [0.3, 0.4) is 0 Å². The molecule has 3 aliphatic carbocycles. The molecule has 26 aromatic rings. The molecular weight excluding hydrogens is 1630 g/mol. The van der Waals surface area contributed by atoms with E-state index in [9.17, 15) is 5.26 Å². The number of aromatic nitrogens is 6. The average molecular weight is 1710 g/mol.